The number of methoxy groups -OCH3 is 1. The highest BCUT2D eigenvalue weighted by Gasteiger charge is 2.38. The van der Waals surface area contributed by atoms with Crippen LogP contribution in [0.25, 0.3) is 0 Å². The molecule has 2 N–H and O–H groups in total. The maximum absolute atomic E-state index is 6.18. The minimum atomic E-state index is 0.139. The number of aryl methyl sites for hydroxylation is 1. The van der Waals surface area contributed by atoms with E-state index in [2.05, 4.69) is 22.0 Å². The molecule has 0 saturated heterocycles. The third kappa shape index (κ3) is 2.19. The Morgan fingerprint density at radius 1 is 1.20 bits per heavy atom. The van der Waals surface area contributed by atoms with Crippen LogP contribution in [0.5, 0.6) is 5.75 Å². The Labute approximate surface area is 130 Å². The first-order valence-corrected chi connectivity index (χ1v) is 8.60. The molecule has 1 aromatic rings. The predicted molar refractivity (Wildman–Crippen MR) is 86.5 cm³/mol. The van der Waals surface area contributed by atoms with Crippen molar-refractivity contribution in [3.05, 3.63) is 27.2 Å². The molecular weight excluding hydrogens is 314 g/mol. The highest BCUT2D eigenvalue weighted by Crippen LogP contribution is 2.48. The van der Waals surface area contributed by atoms with Gasteiger partial charge in [0, 0.05) is 17.5 Å². The van der Waals surface area contributed by atoms with Crippen LogP contribution in [0, 0.1) is 0 Å². The molecule has 0 aliphatic heterocycles. The van der Waals surface area contributed by atoms with Gasteiger partial charge in [0.15, 0.2) is 0 Å². The Bertz CT molecular complexity index is 506. The molecule has 0 radical (unpaired) electrons. The molecule has 2 aliphatic carbocycles. The minimum Gasteiger partial charge on any atom is -0.495 e. The highest BCUT2D eigenvalue weighted by atomic mass is 79.9. The number of ether oxygens (including phenoxy) is 1. The van der Waals surface area contributed by atoms with E-state index in [1.54, 1.807) is 7.11 Å². The number of hydrogen-bond acceptors (Lipinski definition) is 2. The van der Waals surface area contributed by atoms with Crippen LogP contribution in [0.3, 0.4) is 0 Å². The minimum absolute atomic E-state index is 0.139. The number of hydrogen-bond donors (Lipinski definition) is 1. The first kappa shape index (κ1) is 14.4. The molecule has 2 nitrogen and oxygen atoms in total. The molecule has 0 unspecified atom stereocenters. The molecular formula is C17H24BrNO. The zero-order valence-corrected chi connectivity index (χ0v) is 13.9. The van der Waals surface area contributed by atoms with Crippen molar-refractivity contribution < 1.29 is 4.74 Å². The fourth-order valence-electron chi connectivity index (χ4n) is 4.06. The number of halogens is 1. The molecule has 0 spiro atoms. The van der Waals surface area contributed by atoms with Crippen molar-refractivity contribution in [1.29, 1.82) is 0 Å². The summed E-state index contributed by atoms with van der Waals surface area (Å²) in [6.07, 6.45) is 9.94. The zero-order chi connectivity index (χ0) is 14.2. The van der Waals surface area contributed by atoms with Gasteiger partial charge in [0.05, 0.1) is 11.6 Å². The van der Waals surface area contributed by atoms with Gasteiger partial charge in [-0.05, 0) is 65.6 Å². The van der Waals surface area contributed by atoms with Crippen LogP contribution in [-0.4, -0.2) is 13.7 Å². The summed E-state index contributed by atoms with van der Waals surface area (Å²) >= 11 is 3.81. The lowest BCUT2D eigenvalue weighted by atomic mass is 9.76. The van der Waals surface area contributed by atoms with Gasteiger partial charge in [-0.2, -0.15) is 0 Å². The molecule has 3 rings (SSSR count). The van der Waals surface area contributed by atoms with E-state index in [1.165, 1.54) is 72.5 Å². The van der Waals surface area contributed by atoms with Crippen LogP contribution >= 0.6 is 15.9 Å². The second-order valence-electron chi connectivity index (χ2n) is 6.31. The number of fused-ring (bicyclic) bond motifs is 1. The molecule has 0 atom stereocenters. The average Bonchev–Trinajstić information content (AvgIpc) is 2.97. The van der Waals surface area contributed by atoms with Crippen LogP contribution < -0.4 is 10.5 Å². The SMILES string of the molecule is COc1c(C2(CN)CCCC2)cc2c(c1Br)CCCC2. The number of rotatable bonds is 3. The van der Waals surface area contributed by atoms with Crippen LogP contribution in [0.4, 0.5) is 0 Å². The molecule has 20 heavy (non-hydrogen) atoms. The van der Waals surface area contributed by atoms with Gasteiger partial charge >= 0.3 is 0 Å². The van der Waals surface area contributed by atoms with Crippen molar-refractivity contribution in [2.45, 2.75) is 56.8 Å². The summed E-state index contributed by atoms with van der Waals surface area (Å²) in [5.74, 6) is 1.04. The van der Waals surface area contributed by atoms with E-state index in [-0.39, 0.29) is 5.41 Å². The predicted octanol–water partition coefficient (Wildman–Crippen LogP) is 4.11. The second-order valence-corrected chi connectivity index (χ2v) is 7.10. The molecule has 1 saturated carbocycles. The average molecular weight is 338 g/mol. The molecule has 3 heteroatoms. The summed E-state index contributed by atoms with van der Waals surface area (Å²) in [5.41, 5.74) is 10.6. The summed E-state index contributed by atoms with van der Waals surface area (Å²) in [6.45, 7) is 0.731. The van der Waals surface area contributed by atoms with E-state index in [0.29, 0.717) is 0 Å². The normalized spacial score (nSPS) is 20.8. The van der Waals surface area contributed by atoms with Crippen molar-refractivity contribution in [2.24, 2.45) is 5.73 Å². The van der Waals surface area contributed by atoms with Crippen molar-refractivity contribution in [3.63, 3.8) is 0 Å². The van der Waals surface area contributed by atoms with Crippen molar-refractivity contribution in [3.8, 4) is 5.75 Å². The third-order valence-electron chi connectivity index (χ3n) is 5.26. The number of nitrogens with two attached hydrogens (primary N) is 1. The van der Waals surface area contributed by atoms with Crippen molar-refractivity contribution in [2.75, 3.05) is 13.7 Å². The fourth-order valence-corrected chi connectivity index (χ4v) is 4.89. The summed E-state index contributed by atoms with van der Waals surface area (Å²) in [7, 11) is 1.79. The zero-order valence-electron chi connectivity index (χ0n) is 12.3. The van der Waals surface area contributed by atoms with E-state index >= 15 is 0 Å². The standard InChI is InChI=1S/C17H24BrNO/c1-20-16-14(17(11-19)8-4-5-9-17)10-12-6-2-3-7-13(12)15(16)18/h10H,2-9,11,19H2,1H3. The topological polar surface area (TPSA) is 35.2 Å². The Morgan fingerprint density at radius 3 is 2.55 bits per heavy atom. The lowest BCUT2D eigenvalue weighted by Crippen LogP contribution is -2.33. The van der Waals surface area contributed by atoms with Gasteiger partial charge in [-0.15, -0.1) is 0 Å². The Balaban J connectivity index is 2.16. The van der Waals surface area contributed by atoms with Gasteiger partial charge in [-0.25, -0.2) is 0 Å². The molecule has 1 aromatic carbocycles. The summed E-state index contributed by atoms with van der Waals surface area (Å²) < 4.78 is 6.97. The smallest absolute Gasteiger partial charge is 0.137 e. The van der Waals surface area contributed by atoms with E-state index in [1.807, 2.05) is 0 Å². The summed E-state index contributed by atoms with van der Waals surface area (Å²) in [6, 6.07) is 2.41. The fraction of sp³-hybridized carbons (Fsp3) is 0.647. The molecule has 1 fully saturated rings. The second kappa shape index (κ2) is 5.69. The van der Waals surface area contributed by atoms with E-state index < -0.39 is 0 Å². The van der Waals surface area contributed by atoms with Gasteiger partial charge in [-0.3, -0.25) is 0 Å². The third-order valence-corrected chi connectivity index (χ3v) is 6.10. The molecule has 0 heterocycles. The van der Waals surface area contributed by atoms with Gasteiger partial charge in [0.1, 0.15) is 5.75 Å². The monoisotopic (exact) mass is 337 g/mol. The summed E-state index contributed by atoms with van der Waals surface area (Å²) in [5, 5.41) is 0. The first-order valence-electron chi connectivity index (χ1n) is 7.80. The summed E-state index contributed by atoms with van der Waals surface area (Å²) in [4.78, 5) is 0. The van der Waals surface area contributed by atoms with Crippen LogP contribution in [0.15, 0.2) is 10.5 Å². The van der Waals surface area contributed by atoms with Gasteiger partial charge in [-0.1, -0.05) is 18.9 Å². The first-order chi connectivity index (χ1) is 9.72. The van der Waals surface area contributed by atoms with E-state index in [0.717, 1.165) is 12.3 Å². The molecule has 2 aliphatic rings. The lowest BCUT2D eigenvalue weighted by Gasteiger charge is -2.32. The quantitative estimate of drug-likeness (QED) is 0.900. The molecule has 0 amide bonds. The maximum Gasteiger partial charge on any atom is 0.137 e. The van der Waals surface area contributed by atoms with Gasteiger partial charge < -0.3 is 10.5 Å². The maximum atomic E-state index is 6.18. The largest absolute Gasteiger partial charge is 0.495 e. The highest BCUT2D eigenvalue weighted by molar-refractivity contribution is 9.10. The van der Waals surface area contributed by atoms with Crippen LogP contribution in [0.1, 0.15) is 55.2 Å². The Hall–Kier alpha value is -0.540. The van der Waals surface area contributed by atoms with Gasteiger partial charge in [0.2, 0.25) is 0 Å². The Kier molecular flexibility index (Phi) is 4.09. The molecule has 0 bridgehead atoms. The van der Waals surface area contributed by atoms with E-state index in [9.17, 15) is 0 Å². The van der Waals surface area contributed by atoms with Crippen LogP contribution in [0.2, 0.25) is 0 Å². The van der Waals surface area contributed by atoms with Crippen molar-refractivity contribution >= 4 is 15.9 Å². The molecule has 0 aromatic heterocycles. The van der Waals surface area contributed by atoms with Crippen molar-refractivity contribution in [1.82, 2.24) is 0 Å². The lowest BCUT2D eigenvalue weighted by molar-refractivity contribution is 0.374. The van der Waals surface area contributed by atoms with Crippen LogP contribution in [-0.2, 0) is 18.3 Å². The molecule has 110 valence electrons. The van der Waals surface area contributed by atoms with Gasteiger partial charge in [0.25, 0.3) is 0 Å². The number of benzene rings is 1. The Morgan fingerprint density at radius 2 is 1.90 bits per heavy atom. The van der Waals surface area contributed by atoms with E-state index in [4.69, 9.17) is 10.5 Å².